The molecule has 0 saturated heterocycles. The first-order valence-corrected chi connectivity index (χ1v) is 7.60. The third-order valence-electron chi connectivity index (χ3n) is 3.35. The molecule has 2 rings (SSSR count). The molecule has 2 aromatic carbocycles. The van der Waals surface area contributed by atoms with Gasteiger partial charge in [0.25, 0.3) is 0 Å². The van der Waals surface area contributed by atoms with Gasteiger partial charge in [-0.05, 0) is 58.2 Å². The average molecular weight is 366 g/mol. The lowest BCUT2D eigenvalue weighted by molar-refractivity contribution is 0.549. The van der Waals surface area contributed by atoms with Crippen molar-refractivity contribution in [2.24, 2.45) is 5.84 Å². The Morgan fingerprint density at radius 2 is 1.68 bits per heavy atom. The SMILES string of the molecule is CCc1ccc(CC(NN)c2ccccc2I)cc1. The lowest BCUT2D eigenvalue weighted by Crippen LogP contribution is -2.30. The summed E-state index contributed by atoms with van der Waals surface area (Å²) in [6, 6.07) is 17.3. The smallest absolute Gasteiger partial charge is 0.0510 e. The van der Waals surface area contributed by atoms with Crippen LogP contribution >= 0.6 is 22.6 Å². The van der Waals surface area contributed by atoms with E-state index in [-0.39, 0.29) is 6.04 Å². The number of rotatable bonds is 5. The van der Waals surface area contributed by atoms with Crippen molar-refractivity contribution in [2.45, 2.75) is 25.8 Å². The Bertz CT molecular complexity index is 523. The van der Waals surface area contributed by atoms with Gasteiger partial charge in [-0.25, -0.2) is 0 Å². The standard InChI is InChI=1S/C16H19IN2/c1-2-12-7-9-13(10-8-12)11-16(19-18)14-5-3-4-6-15(14)17/h3-10,16,19H,2,11,18H2,1H3. The summed E-state index contributed by atoms with van der Waals surface area (Å²) in [4.78, 5) is 0. The third kappa shape index (κ3) is 3.78. The highest BCUT2D eigenvalue weighted by Gasteiger charge is 2.13. The number of aryl methyl sites for hydroxylation is 1. The molecular weight excluding hydrogens is 347 g/mol. The van der Waals surface area contributed by atoms with Crippen LogP contribution in [0.1, 0.15) is 29.7 Å². The first-order chi connectivity index (χ1) is 9.24. The third-order valence-corrected chi connectivity index (χ3v) is 4.34. The second-order valence-electron chi connectivity index (χ2n) is 4.61. The fraction of sp³-hybridized carbons (Fsp3) is 0.250. The van der Waals surface area contributed by atoms with Crippen molar-refractivity contribution in [1.29, 1.82) is 0 Å². The van der Waals surface area contributed by atoms with E-state index in [0.29, 0.717) is 0 Å². The van der Waals surface area contributed by atoms with Gasteiger partial charge in [-0.15, -0.1) is 0 Å². The molecule has 100 valence electrons. The van der Waals surface area contributed by atoms with Crippen LogP contribution < -0.4 is 11.3 Å². The Hall–Kier alpha value is -0.910. The molecule has 1 atom stereocenters. The maximum atomic E-state index is 5.72. The fourth-order valence-electron chi connectivity index (χ4n) is 2.16. The number of nitrogens with one attached hydrogen (secondary N) is 1. The molecule has 0 radical (unpaired) electrons. The summed E-state index contributed by atoms with van der Waals surface area (Å²) < 4.78 is 1.24. The summed E-state index contributed by atoms with van der Waals surface area (Å²) in [5.41, 5.74) is 6.86. The average Bonchev–Trinajstić information content (AvgIpc) is 2.46. The molecule has 2 aromatic rings. The zero-order chi connectivity index (χ0) is 13.7. The monoisotopic (exact) mass is 366 g/mol. The largest absolute Gasteiger partial charge is 0.271 e. The zero-order valence-electron chi connectivity index (χ0n) is 11.1. The van der Waals surface area contributed by atoms with E-state index in [4.69, 9.17) is 5.84 Å². The normalized spacial score (nSPS) is 12.4. The first-order valence-electron chi connectivity index (χ1n) is 6.53. The van der Waals surface area contributed by atoms with E-state index >= 15 is 0 Å². The van der Waals surface area contributed by atoms with Gasteiger partial charge >= 0.3 is 0 Å². The quantitative estimate of drug-likeness (QED) is 0.482. The van der Waals surface area contributed by atoms with Gasteiger partial charge in [0.2, 0.25) is 0 Å². The molecule has 0 bridgehead atoms. The molecular formula is C16H19IN2. The van der Waals surface area contributed by atoms with E-state index in [0.717, 1.165) is 12.8 Å². The molecule has 0 amide bonds. The predicted octanol–water partition coefficient (Wildman–Crippen LogP) is 3.60. The van der Waals surface area contributed by atoms with Crippen molar-refractivity contribution in [3.8, 4) is 0 Å². The molecule has 3 N–H and O–H groups in total. The number of hydrazine groups is 1. The van der Waals surface area contributed by atoms with Gasteiger partial charge in [-0.2, -0.15) is 0 Å². The minimum Gasteiger partial charge on any atom is -0.271 e. The summed E-state index contributed by atoms with van der Waals surface area (Å²) in [6.07, 6.45) is 1.98. The summed E-state index contributed by atoms with van der Waals surface area (Å²) in [6.45, 7) is 2.17. The van der Waals surface area contributed by atoms with Crippen LogP contribution in [-0.2, 0) is 12.8 Å². The van der Waals surface area contributed by atoms with Crippen LogP contribution in [0.25, 0.3) is 0 Å². The number of hydrogen-bond acceptors (Lipinski definition) is 2. The molecule has 3 heteroatoms. The second kappa shape index (κ2) is 7.03. The number of halogens is 1. The van der Waals surface area contributed by atoms with Crippen LogP contribution in [0.2, 0.25) is 0 Å². The highest BCUT2D eigenvalue weighted by atomic mass is 127. The van der Waals surface area contributed by atoms with E-state index in [2.05, 4.69) is 83.5 Å². The number of benzene rings is 2. The highest BCUT2D eigenvalue weighted by Crippen LogP contribution is 2.23. The fourth-order valence-corrected chi connectivity index (χ4v) is 2.93. The molecule has 19 heavy (non-hydrogen) atoms. The van der Waals surface area contributed by atoms with Gasteiger partial charge in [0.15, 0.2) is 0 Å². The maximum absolute atomic E-state index is 5.72. The Balaban J connectivity index is 2.17. The van der Waals surface area contributed by atoms with Crippen molar-refractivity contribution < 1.29 is 0 Å². The van der Waals surface area contributed by atoms with E-state index in [1.54, 1.807) is 0 Å². The Morgan fingerprint density at radius 3 is 2.26 bits per heavy atom. The Labute approximate surface area is 128 Å². The van der Waals surface area contributed by atoms with E-state index < -0.39 is 0 Å². The molecule has 0 aliphatic heterocycles. The van der Waals surface area contributed by atoms with E-state index in [1.807, 2.05) is 0 Å². The number of nitrogens with two attached hydrogens (primary N) is 1. The molecule has 0 heterocycles. The van der Waals surface area contributed by atoms with Crippen molar-refractivity contribution in [3.05, 3.63) is 68.8 Å². The topological polar surface area (TPSA) is 38.0 Å². The first kappa shape index (κ1) is 14.5. The molecule has 0 aliphatic carbocycles. The van der Waals surface area contributed by atoms with Gasteiger partial charge < -0.3 is 0 Å². The summed E-state index contributed by atoms with van der Waals surface area (Å²) >= 11 is 2.36. The van der Waals surface area contributed by atoms with Crippen LogP contribution in [-0.4, -0.2) is 0 Å². The zero-order valence-corrected chi connectivity index (χ0v) is 13.2. The summed E-state index contributed by atoms with van der Waals surface area (Å²) in [5, 5.41) is 0. The van der Waals surface area contributed by atoms with Gasteiger partial charge in [-0.1, -0.05) is 49.4 Å². The lowest BCUT2D eigenvalue weighted by atomic mass is 9.98. The summed E-state index contributed by atoms with van der Waals surface area (Å²) in [7, 11) is 0. The van der Waals surface area contributed by atoms with Crippen LogP contribution in [0.5, 0.6) is 0 Å². The van der Waals surface area contributed by atoms with Gasteiger partial charge in [0.05, 0.1) is 6.04 Å². The van der Waals surface area contributed by atoms with Crippen LogP contribution in [0, 0.1) is 3.57 Å². The van der Waals surface area contributed by atoms with Gasteiger partial charge in [-0.3, -0.25) is 11.3 Å². The van der Waals surface area contributed by atoms with Crippen LogP contribution in [0.3, 0.4) is 0 Å². The van der Waals surface area contributed by atoms with E-state index in [9.17, 15) is 0 Å². The van der Waals surface area contributed by atoms with Crippen LogP contribution in [0.4, 0.5) is 0 Å². The van der Waals surface area contributed by atoms with Crippen molar-refractivity contribution >= 4 is 22.6 Å². The maximum Gasteiger partial charge on any atom is 0.0510 e. The van der Waals surface area contributed by atoms with E-state index in [1.165, 1.54) is 20.3 Å². The predicted molar refractivity (Wildman–Crippen MR) is 88.7 cm³/mol. The summed E-state index contributed by atoms with van der Waals surface area (Å²) in [5.74, 6) is 5.72. The Kier molecular flexibility index (Phi) is 5.36. The molecule has 0 saturated carbocycles. The minimum absolute atomic E-state index is 0.153. The van der Waals surface area contributed by atoms with Crippen LogP contribution in [0.15, 0.2) is 48.5 Å². The van der Waals surface area contributed by atoms with Gasteiger partial charge in [0.1, 0.15) is 0 Å². The lowest BCUT2D eigenvalue weighted by Gasteiger charge is -2.18. The highest BCUT2D eigenvalue weighted by molar-refractivity contribution is 14.1. The van der Waals surface area contributed by atoms with Gasteiger partial charge in [0, 0.05) is 3.57 Å². The molecule has 0 fully saturated rings. The second-order valence-corrected chi connectivity index (χ2v) is 5.78. The molecule has 2 nitrogen and oxygen atoms in total. The molecule has 0 spiro atoms. The molecule has 0 aliphatic rings. The Morgan fingerprint density at radius 1 is 1.05 bits per heavy atom. The minimum atomic E-state index is 0.153. The van der Waals surface area contributed by atoms with Crippen molar-refractivity contribution in [1.82, 2.24) is 5.43 Å². The molecule has 1 unspecified atom stereocenters. The molecule has 0 aromatic heterocycles. The van der Waals surface area contributed by atoms with Crippen molar-refractivity contribution in [3.63, 3.8) is 0 Å². The number of hydrogen-bond donors (Lipinski definition) is 2. The van der Waals surface area contributed by atoms with Crippen molar-refractivity contribution in [2.75, 3.05) is 0 Å².